The summed E-state index contributed by atoms with van der Waals surface area (Å²) in [6.45, 7) is 1.76. The maximum Gasteiger partial charge on any atom is 0.254 e. The Morgan fingerprint density at radius 2 is 1.89 bits per heavy atom. The van der Waals surface area contributed by atoms with Crippen LogP contribution in [0.25, 0.3) is 0 Å². The van der Waals surface area contributed by atoms with E-state index in [0.717, 1.165) is 4.47 Å². The first-order chi connectivity index (χ1) is 16.9. The molecule has 0 spiro atoms. The van der Waals surface area contributed by atoms with Crippen LogP contribution in [0.15, 0.2) is 97.7 Å². The molecule has 1 amide bonds. The lowest BCUT2D eigenvalue weighted by atomic mass is 9.85. The van der Waals surface area contributed by atoms with Crippen LogP contribution >= 0.6 is 39.3 Å². The number of nitrogens with zero attached hydrogens (tertiary/aromatic N) is 1. The van der Waals surface area contributed by atoms with E-state index in [1.54, 1.807) is 55.5 Å². The number of carbonyl (C=O) groups excluding carboxylic acids is 2. The van der Waals surface area contributed by atoms with Gasteiger partial charge in [0.25, 0.3) is 5.91 Å². The lowest BCUT2D eigenvalue weighted by Crippen LogP contribution is -2.30. The lowest BCUT2D eigenvalue weighted by Gasteiger charge is -2.28. The number of thioether (sulfide) groups is 1. The van der Waals surface area contributed by atoms with Crippen molar-refractivity contribution in [2.45, 2.75) is 12.8 Å². The van der Waals surface area contributed by atoms with Gasteiger partial charge in [0.05, 0.1) is 40.2 Å². The summed E-state index contributed by atoms with van der Waals surface area (Å²) in [5.74, 6) is -0.590. The molecule has 0 aliphatic carbocycles. The first-order valence-electron chi connectivity index (χ1n) is 10.5. The molecule has 2 aromatic carbocycles. The Labute approximate surface area is 220 Å². The normalized spacial score (nSPS) is 15.4. The topological polar surface area (TPSA) is 95.1 Å². The minimum atomic E-state index is -0.728. The van der Waals surface area contributed by atoms with Crippen molar-refractivity contribution in [2.24, 2.45) is 0 Å². The zero-order valence-corrected chi connectivity index (χ0v) is 21.6. The number of hydrogen-bond acceptors (Lipinski definition) is 6. The second-order valence-electron chi connectivity index (χ2n) is 7.65. The van der Waals surface area contributed by atoms with E-state index in [2.05, 4.69) is 32.6 Å². The summed E-state index contributed by atoms with van der Waals surface area (Å²) in [4.78, 5) is 26.0. The summed E-state index contributed by atoms with van der Waals surface area (Å²) in [6, 6.07) is 19.5. The number of amides is 1. The summed E-state index contributed by atoms with van der Waals surface area (Å²) in [5, 5.41) is 17.2. The van der Waals surface area contributed by atoms with Crippen molar-refractivity contribution in [2.75, 3.05) is 11.1 Å². The number of furan rings is 1. The van der Waals surface area contributed by atoms with Crippen LogP contribution in [0.4, 0.5) is 5.69 Å². The minimum absolute atomic E-state index is 0.0726. The van der Waals surface area contributed by atoms with E-state index in [-0.39, 0.29) is 17.4 Å². The molecule has 0 fully saturated rings. The van der Waals surface area contributed by atoms with Gasteiger partial charge >= 0.3 is 0 Å². The molecule has 2 N–H and O–H groups in total. The number of halogens is 2. The van der Waals surface area contributed by atoms with Crippen LogP contribution in [0.2, 0.25) is 5.02 Å². The van der Waals surface area contributed by atoms with Crippen LogP contribution < -0.4 is 10.6 Å². The van der Waals surface area contributed by atoms with Gasteiger partial charge in [-0.05, 0) is 55.5 Å². The van der Waals surface area contributed by atoms with Crippen molar-refractivity contribution < 1.29 is 14.0 Å². The largest absolute Gasteiger partial charge is 0.468 e. The summed E-state index contributed by atoms with van der Waals surface area (Å²) >= 11 is 10.5. The molecule has 1 aliphatic heterocycles. The van der Waals surface area contributed by atoms with E-state index in [1.165, 1.54) is 18.0 Å². The van der Waals surface area contributed by atoms with Gasteiger partial charge in [-0.2, -0.15) is 5.26 Å². The Morgan fingerprint density at radius 1 is 1.17 bits per heavy atom. The molecule has 6 nitrogen and oxygen atoms in total. The molecule has 0 radical (unpaired) electrons. The number of allylic oxidation sites excluding steroid dienone is 2. The number of rotatable bonds is 7. The molecular weight excluding hydrogens is 550 g/mol. The van der Waals surface area contributed by atoms with Crippen molar-refractivity contribution in [3.63, 3.8) is 0 Å². The van der Waals surface area contributed by atoms with Crippen molar-refractivity contribution >= 4 is 56.7 Å². The number of Topliss-reactive ketones (excluding diaryl/α,β-unsaturated/α-hetero) is 1. The quantitative estimate of drug-likeness (QED) is 0.310. The Kier molecular flexibility index (Phi) is 7.81. The van der Waals surface area contributed by atoms with Gasteiger partial charge in [0.1, 0.15) is 5.76 Å². The average Bonchev–Trinajstić information content (AvgIpc) is 3.38. The molecule has 1 aliphatic rings. The highest BCUT2D eigenvalue weighted by atomic mass is 79.9. The molecule has 2 heterocycles. The van der Waals surface area contributed by atoms with Crippen molar-refractivity contribution in [1.29, 1.82) is 5.26 Å². The van der Waals surface area contributed by atoms with Gasteiger partial charge in [0.15, 0.2) is 5.78 Å². The zero-order valence-electron chi connectivity index (χ0n) is 18.5. The average molecular weight is 569 g/mol. The highest BCUT2D eigenvalue weighted by molar-refractivity contribution is 9.10. The zero-order chi connectivity index (χ0) is 24.9. The Hall–Kier alpha value is -3.25. The molecule has 176 valence electrons. The smallest absolute Gasteiger partial charge is 0.254 e. The third kappa shape index (κ3) is 5.70. The van der Waals surface area contributed by atoms with E-state index in [1.807, 2.05) is 12.1 Å². The fourth-order valence-electron chi connectivity index (χ4n) is 3.66. The number of benzene rings is 2. The number of hydrogen-bond donors (Lipinski definition) is 2. The number of ketones is 1. The highest BCUT2D eigenvalue weighted by Crippen LogP contribution is 2.41. The van der Waals surface area contributed by atoms with Crippen molar-refractivity contribution in [1.82, 2.24) is 5.32 Å². The monoisotopic (exact) mass is 567 g/mol. The van der Waals surface area contributed by atoms with E-state index >= 15 is 0 Å². The third-order valence-corrected chi connectivity index (χ3v) is 7.13. The van der Waals surface area contributed by atoms with Crippen LogP contribution in [0, 0.1) is 11.3 Å². The summed E-state index contributed by atoms with van der Waals surface area (Å²) in [6.07, 6.45) is 1.50. The molecule has 1 aromatic heterocycles. The summed E-state index contributed by atoms with van der Waals surface area (Å²) in [7, 11) is 0. The first-order valence-corrected chi connectivity index (χ1v) is 12.7. The molecule has 9 heteroatoms. The maximum atomic E-state index is 13.3. The fourth-order valence-corrected chi connectivity index (χ4v) is 5.03. The van der Waals surface area contributed by atoms with Crippen molar-refractivity contribution in [3.05, 3.63) is 110 Å². The molecule has 4 rings (SSSR count). The maximum absolute atomic E-state index is 13.3. The summed E-state index contributed by atoms with van der Waals surface area (Å²) in [5.41, 5.74) is 2.38. The number of nitriles is 1. The number of dihydropyridines is 1. The Bertz CT molecular complexity index is 1360. The first kappa shape index (κ1) is 24.9. The van der Waals surface area contributed by atoms with E-state index in [9.17, 15) is 14.9 Å². The van der Waals surface area contributed by atoms with Crippen LogP contribution in [0.1, 0.15) is 29.0 Å². The lowest BCUT2D eigenvalue weighted by molar-refractivity contribution is -0.113. The Balaban J connectivity index is 1.62. The molecule has 0 saturated carbocycles. The molecule has 0 bridgehead atoms. The second-order valence-corrected chi connectivity index (χ2v) is 9.98. The molecule has 0 saturated heterocycles. The molecule has 35 heavy (non-hydrogen) atoms. The molecule has 1 atom stereocenters. The van der Waals surface area contributed by atoms with E-state index in [4.69, 9.17) is 16.0 Å². The van der Waals surface area contributed by atoms with Gasteiger partial charge < -0.3 is 15.1 Å². The van der Waals surface area contributed by atoms with Crippen LogP contribution in [-0.4, -0.2) is 17.4 Å². The van der Waals surface area contributed by atoms with E-state index in [0.29, 0.717) is 43.9 Å². The van der Waals surface area contributed by atoms with Crippen molar-refractivity contribution in [3.8, 4) is 6.07 Å². The SMILES string of the molecule is CC1=C(C(=O)Nc2ccc(Cl)cc2)C(c2ccco2)C(C#N)=C(SCC(=O)c2ccc(Br)cc2)N1. The van der Waals surface area contributed by atoms with E-state index < -0.39 is 5.92 Å². The van der Waals surface area contributed by atoms with Gasteiger partial charge in [0, 0.05) is 26.4 Å². The van der Waals surface area contributed by atoms with Gasteiger partial charge in [0.2, 0.25) is 0 Å². The molecular formula is C26H19BrClN3O3S. The summed E-state index contributed by atoms with van der Waals surface area (Å²) < 4.78 is 6.51. The molecule has 1 unspecified atom stereocenters. The number of carbonyl (C=O) groups is 2. The van der Waals surface area contributed by atoms with Gasteiger partial charge in [-0.25, -0.2) is 0 Å². The van der Waals surface area contributed by atoms with Gasteiger partial charge in [-0.1, -0.05) is 51.4 Å². The molecule has 3 aromatic rings. The number of anilines is 1. The van der Waals surface area contributed by atoms with Gasteiger partial charge in [-0.3, -0.25) is 9.59 Å². The van der Waals surface area contributed by atoms with Crippen LogP contribution in [0.3, 0.4) is 0 Å². The van der Waals surface area contributed by atoms with Gasteiger partial charge in [-0.15, -0.1) is 0 Å². The predicted molar refractivity (Wildman–Crippen MR) is 141 cm³/mol. The fraction of sp³-hybridized carbons (Fsp3) is 0.115. The minimum Gasteiger partial charge on any atom is -0.468 e. The highest BCUT2D eigenvalue weighted by Gasteiger charge is 2.36. The number of nitrogens with one attached hydrogen (secondary N) is 2. The second kappa shape index (κ2) is 11.0. The standard InChI is InChI=1S/C26H19BrClN3O3S/c1-15-23(25(33)31-19-10-8-18(28)9-11-19)24(22-3-2-12-34-22)20(13-29)26(30-15)35-14-21(32)16-4-6-17(27)7-5-16/h2-12,24,30H,14H2,1H3,(H,31,33). The Morgan fingerprint density at radius 3 is 2.51 bits per heavy atom. The predicted octanol–water partition coefficient (Wildman–Crippen LogP) is 6.65. The third-order valence-electron chi connectivity index (χ3n) is 5.34. The van der Waals surface area contributed by atoms with Crippen LogP contribution in [0.5, 0.6) is 0 Å². The van der Waals surface area contributed by atoms with Crippen LogP contribution in [-0.2, 0) is 4.79 Å².